The molecule has 15 heavy (non-hydrogen) atoms. The predicted octanol–water partition coefficient (Wildman–Crippen LogP) is 2.60. The van der Waals surface area contributed by atoms with Crippen molar-refractivity contribution in [1.82, 2.24) is 14.6 Å². The van der Waals surface area contributed by atoms with E-state index in [1.165, 1.54) is 5.39 Å². The standard InChI is InChI=1S/C11H9N3S/c1-15-11-12-7-9-6-8-4-2-3-5-10(8)14(9)13-11/h2-7H,1H3. The summed E-state index contributed by atoms with van der Waals surface area (Å²) in [5.41, 5.74) is 2.17. The largest absolute Gasteiger partial charge is 0.229 e. The topological polar surface area (TPSA) is 30.2 Å². The molecule has 1 aromatic carbocycles. The second-order valence-corrected chi connectivity index (χ2v) is 4.06. The van der Waals surface area contributed by atoms with Gasteiger partial charge in [-0.15, -0.1) is 5.10 Å². The van der Waals surface area contributed by atoms with Crippen molar-refractivity contribution in [2.45, 2.75) is 5.16 Å². The zero-order valence-corrected chi connectivity index (χ0v) is 9.03. The quantitative estimate of drug-likeness (QED) is 0.584. The van der Waals surface area contributed by atoms with Gasteiger partial charge in [-0.3, -0.25) is 0 Å². The Balaban J connectivity index is 2.46. The average Bonchev–Trinajstić information content (AvgIpc) is 2.66. The predicted molar refractivity (Wildman–Crippen MR) is 62.3 cm³/mol. The van der Waals surface area contributed by atoms with Crippen LogP contribution in [0.25, 0.3) is 16.4 Å². The second-order valence-electron chi connectivity index (χ2n) is 3.28. The first-order valence-electron chi connectivity index (χ1n) is 4.66. The highest BCUT2D eigenvalue weighted by molar-refractivity contribution is 7.98. The van der Waals surface area contributed by atoms with Crippen molar-refractivity contribution in [2.75, 3.05) is 6.26 Å². The molecule has 3 aromatic rings. The van der Waals surface area contributed by atoms with Crippen LogP contribution >= 0.6 is 11.8 Å². The lowest BCUT2D eigenvalue weighted by Crippen LogP contribution is -1.94. The van der Waals surface area contributed by atoms with Gasteiger partial charge in [0.05, 0.1) is 17.2 Å². The number of para-hydroxylation sites is 1. The Bertz CT molecular complexity index is 630. The minimum atomic E-state index is 0.795. The van der Waals surface area contributed by atoms with Gasteiger partial charge in [-0.25, -0.2) is 9.50 Å². The first-order chi connectivity index (χ1) is 7.38. The van der Waals surface area contributed by atoms with E-state index in [2.05, 4.69) is 28.3 Å². The summed E-state index contributed by atoms with van der Waals surface area (Å²) in [5.74, 6) is 0. The summed E-state index contributed by atoms with van der Waals surface area (Å²) >= 11 is 1.55. The van der Waals surface area contributed by atoms with E-state index < -0.39 is 0 Å². The summed E-state index contributed by atoms with van der Waals surface area (Å²) in [6, 6.07) is 10.3. The summed E-state index contributed by atoms with van der Waals surface area (Å²) in [7, 11) is 0. The number of nitrogens with zero attached hydrogens (tertiary/aromatic N) is 3. The van der Waals surface area contributed by atoms with Crippen molar-refractivity contribution >= 4 is 28.2 Å². The molecular formula is C11H9N3S. The van der Waals surface area contributed by atoms with Crippen LogP contribution in [0.1, 0.15) is 0 Å². The van der Waals surface area contributed by atoms with Crippen molar-refractivity contribution < 1.29 is 0 Å². The maximum Gasteiger partial charge on any atom is 0.207 e. The molecule has 74 valence electrons. The van der Waals surface area contributed by atoms with Crippen LogP contribution in [0.3, 0.4) is 0 Å². The summed E-state index contributed by atoms with van der Waals surface area (Å²) in [4.78, 5) is 4.25. The molecule has 0 bridgehead atoms. The first-order valence-corrected chi connectivity index (χ1v) is 5.88. The van der Waals surface area contributed by atoms with E-state index in [1.807, 2.05) is 29.1 Å². The maximum absolute atomic E-state index is 4.45. The normalized spacial score (nSPS) is 11.3. The molecule has 2 heterocycles. The molecule has 0 aliphatic heterocycles. The van der Waals surface area contributed by atoms with Crippen LogP contribution in [-0.2, 0) is 0 Å². The fourth-order valence-corrected chi connectivity index (χ4v) is 2.01. The lowest BCUT2D eigenvalue weighted by molar-refractivity contribution is 0.817. The summed E-state index contributed by atoms with van der Waals surface area (Å²) < 4.78 is 1.94. The van der Waals surface area contributed by atoms with Crippen molar-refractivity contribution in [3.8, 4) is 0 Å². The van der Waals surface area contributed by atoms with Crippen LogP contribution in [-0.4, -0.2) is 20.9 Å². The van der Waals surface area contributed by atoms with Gasteiger partial charge >= 0.3 is 0 Å². The van der Waals surface area contributed by atoms with Crippen molar-refractivity contribution in [3.05, 3.63) is 36.5 Å². The SMILES string of the molecule is CSc1ncc2cc3ccccc3n2n1. The highest BCUT2D eigenvalue weighted by atomic mass is 32.2. The number of rotatable bonds is 1. The van der Waals surface area contributed by atoms with Crippen LogP contribution in [0.15, 0.2) is 41.7 Å². The number of benzene rings is 1. The monoisotopic (exact) mass is 215 g/mol. The molecule has 2 aromatic heterocycles. The first kappa shape index (κ1) is 8.73. The molecule has 0 aliphatic rings. The van der Waals surface area contributed by atoms with E-state index in [0.717, 1.165) is 16.2 Å². The van der Waals surface area contributed by atoms with Crippen LogP contribution < -0.4 is 0 Å². The van der Waals surface area contributed by atoms with E-state index in [0.29, 0.717) is 0 Å². The summed E-state index contributed by atoms with van der Waals surface area (Å²) in [6.07, 6.45) is 3.84. The van der Waals surface area contributed by atoms with E-state index in [9.17, 15) is 0 Å². The number of hydrogen-bond acceptors (Lipinski definition) is 3. The van der Waals surface area contributed by atoms with Crippen molar-refractivity contribution in [1.29, 1.82) is 0 Å². The Morgan fingerprint density at radius 3 is 3.00 bits per heavy atom. The summed E-state index contributed by atoms with van der Waals surface area (Å²) in [6.45, 7) is 0. The molecule has 0 fully saturated rings. The Kier molecular flexibility index (Phi) is 1.89. The van der Waals surface area contributed by atoms with Crippen LogP contribution in [0, 0.1) is 0 Å². The third-order valence-electron chi connectivity index (χ3n) is 2.39. The van der Waals surface area contributed by atoms with Gasteiger partial charge in [0.1, 0.15) is 0 Å². The molecule has 3 nitrogen and oxygen atoms in total. The van der Waals surface area contributed by atoms with Crippen LogP contribution in [0.5, 0.6) is 0 Å². The van der Waals surface area contributed by atoms with Gasteiger partial charge < -0.3 is 0 Å². The van der Waals surface area contributed by atoms with Gasteiger partial charge in [-0.05, 0) is 18.4 Å². The maximum atomic E-state index is 4.45. The van der Waals surface area contributed by atoms with Gasteiger partial charge in [0.25, 0.3) is 0 Å². The highest BCUT2D eigenvalue weighted by Gasteiger charge is 2.03. The van der Waals surface area contributed by atoms with Gasteiger partial charge in [-0.1, -0.05) is 30.0 Å². The van der Waals surface area contributed by atoms with Gasteiger partial charge in [-0.2, -0.15) is 0 Å². The smallest absolute Gasteiger partial charge is 0.207 e. The Morgan fingerprint density at radius 1 is 1.27 bits per heavy atom. The molecule has 0 radical (unpaired) electrons. The third kappa shape index (κ3) is 1.29. The lowest BCUT2D eigenvalue weighted by atomic mass is 10.2. The number of fused-ring (bicyclic) bond motifs is 3. The molecule has 3 rings (SSSR count). The zero-order valence-electron chi connectivity index (χ0n) is 8.21. The fraction of sp³-hybridized carbons (Fsp3) is 0.0909. The van der Waals surface area contributed by atoms with Crippen LogP contribution in [0.4, 0.5) is 0 Å². The second kappa shape index (κ2) is 3.24. The Morgan fingerprint density at radius 2 is 2.13 bits per heavy atom. The highest BCUT2D eigenvalue weighted by Crippen LogP contribution is 2.19. The van der Waals surface area contributed by atoms with E-state index >= 15 is 0 Å². The average molecular weight is 215 g/mol. The number of thioether (sulfide) groups is 1. The molecule has 0 saturated carbocycles. The molecular weight excluding hydrogens is 206 g/mol. The minimum Gasteiger partial charge on any atom is -0.229 e. The van der Waals surface area contributed by atoms with Crippen molar-refractivity contribution in [3.63, 3.8) is 0 Å². The molecule has 0 atom stereocenters. The molecule has 4 heteroatoms. The molecule has 0 aliphatic carbocycles. The van der Waals surface area contributed by atoms with Gasteiger partial charge in [0, 0.05) is 5.39 Å². The van der Waals surface area contributed by atoms with Crippen molar-refractivity contribution in [2.24, 2.45) is 0 Å². The van der Waals surface area contributed by atoms with E-state index in [4.69, 9.17) is 0 Å². The lowest BCUT2D eigenvalue weighted by Gasteiger charge is -1.97. The van der Waals surface area contributed by atoms with E-state index in [-0.39, 0.29) is 0 Å². The molecule has 0 saturated heterocycles. The molecule has 0 unspecified atom stereocenters. The van der Waals surface area contributed by atoms with Gasteiger partial charge in [0.15, 0.2) is 0 Å². The zero-order chi connectivity index (χ0) is 10.3. The van der Waals surface area contributed by atoms with Crippen LogP contribution in [0.2, 0.25) is 0 Å². The van der Waals surface area contributed by atoms with Gasteiger partial charge in [0.2, 0.25) is 5.16 Å². The fourth-order valence-electron chi connectivity index (χ4n) is 1.69. The summed E-state index contributed by atoms with van der Waals surface area (Å²) in [5, 5.41) is 6.44. The van der Waals surface area contributed by atoms with E-state index in [1.54, 1.807) is 11.8 Å². The third-order valence-corrected chi connectivity index (χ3v) is 2.94. The number of hydrogen-bond donors (Lipinski definition) is 0. The Labute approximate surface area is 91.1 Å². The molecule has 0 amide bonds. The Hall–Kier alpha value is -1.55. The number of aromatic nitrogens is 3. The molecule has 0 spiro atoms. The minimum absolute atomic E-state index is 0.795. The molecule has 0 N–H and O–H groups in total.